The molecule has 9 heteroatoms. The Bertz CT molecular complexity index is 1360. The van der Waals surface area contributed by atoms with Gasteiger partial charge in [0.15, 0.2) is 11.0 Å². The van der Waals surface area contributed by atoms with Gasteiger partial charge in [0.2, 0.25) is 5.89 Å². The third kappa shape index (κ3) is 4.67. The van der Waals surface area contributed by atoms with E-state index < -0.39 is 0 Å². The second-order valence-electron chi connectivity index (χ2n) is 7.12. The predicted octanol–water partition coefficient (Wildman–Crippen LogP) is 6.20. The summed E-state index contributed by atoms with van der Waals surface area (Å²) in [7, 11) is 1.64. The van der Waals surface area contributed by atoms with Crippen molar-refractivity contribution in [1.29, 1.82) is 0 Å². The Morgan fingerprint density at radius 1 is 1.03 bits per heavy atom. The molecule has 3 aromatic heterocycles. The first-order valence-electron chi connectivity index (χ1n) is 10.1. The lowest BCUT2D eigenvalue weighted by Crippen LogP contribution is -2.03. The highest BCUT2D eigenvalue weighted by Gasteiger charge is 2.18. The molecule has 0 fully saturated rings. The molecule has 0 spiro atoms. The van der Waals surface area contributed by atoms with Gasteiger partial charge in [-0.05, 0) is 36.4 Å². The summed E-state index contributed by atoms with van der Waals surface area (Å²) >= 11 is 7.79. The van der Waals surface area contributed by atoms with Crippen LogP contribution in [0.15, 0.2) is 87.2 Å². The van der Waals surface area contributed by atoms with Gasteiger partial charge in [-0.3, -0.25) is 4.57 Å². The Morgan fingerprint density at radius 3 is 2.76 bits per heavy atom. The van der Waals surface area contributed by atoms with Crippen LogP contribution in [0.4, 0.5) is 0 Å². The van der Waals surface area contributed by atoms with Gasteiger partial charge in [0.25, 0.3) is 0 Å². The molecule has 5 aromatic rings. The molecule has 0 radical (unpaired) electrons. The summed E-state index contributed by atoms with van der Waals surface area (Å²) in [6, 6.07) is 19.0. The Morgan fingerprint density at radius 2 is 1.94 bits per heavy atom. The molecule has 0 aliphatic carbocycles. The van der Waals surface area contributed by atoms with Crippen molar-refractivity contribution in [3.8, 4) is 28.6 Å². The van der Waals surface area contributed by atoms with Crippen molar-refractivity contribution in [1.82, 2.24) is 19.7 Å². The van der Waals surface area contributed by atoms with Crippen LogP contribution in [0.3, 0.4) is 0 Å². The number of nitrogens with zero attached hydrogens (tertiary/aromatic N) is 4. The lowest BCUT2D eigenvalue weighted by atomic mass is 10.2. The number of furan rings is 1. The molecule has 0 aliphatic rings. The minimum Gasteiger partial charge on any atom is -0.497 e. The monoisotopic (exact) mass is 478 g/mol. The molecular formula is C24H19ClN4O3S. The first kappa shape index (κ1) is 21.4. The summed E-state index contributed by atoms with van der Waals surface area (Å²) < 4.78 is 18.6. The van der Waals surface area contributed by atoms with Gasteiger partial charge in [-0.2, -0.15) is 0 Å². The van der Waals surface area contributed by atoms with E-state index in [-0.39, 0.29) is 0 Å². The van der Waals surface area contributed by atoms with Crippen molar-refractivity contribution < 1.29 is 13.6 Å². The summed E-state index contributed by atoms with van der Waals surface area (Å²) in [4.78, 5) is 4.58. The normalized spacial score (nSPS) is 11.1. The molecule has 33 heavy (non-hydrogen) atoms. The maximum absolute atomic E-state index is 6.27. The molecule has 0 N–H and O–H groups in total. The molecule has 166 valence electrons. The van der Waals surface area contributed by atoms with E-state index in [1.807, 2.05) is 65.2 Å². The summed E-state index contributed by atoms with van der Waals surface area (Å²) in [5, 5.41) is 10.2. The van der Waals surface area contributed by atoms with Gasteiger partial charge < -0.3 is 13.6 Å². The summed E-state index contributed by atoms with van der Waals surface area (Å²) in [5.74, 6) is 3.34. The van der Waals surface area contributed by atoms with Crippen molar-refractivity contribution in [2.24, 2.45) is 0 Å². The van der Waals surface area contributed by atoms with E-state index in [9.17, 15) is 0 Å². The Labute approximate surface area is 199 Å². The van der Waals surface area contributed by atoms with Crippen LogP contribution in [0, 0.1) is 0 Å². The Kier molecular flexibility index (Phi) is 6.19. The molecule has 3 heterocycles. The Balaban J connectivity index is 1.41. The number of methoxy groups -OCH3 is 1. The van der Waals surface area contributed by atoms with Gasteiger partial charge in [0.1, 0.15) is 17.8 Å². The van der Waals surface area contributed by atoms with Crippen LogP contribution in [-0.2, 0) is 12.3 Å². The van der Waals surface area contributed by atoms with Crippen LogP contribution >= 0.6 is 23.4 Å². The van der Waals surface area contributed by atoms with Crippen molar-refractivity contribution in [3.05, 3.63) is 89.7 Å². The topological polar surface area (TPSA) is 79.1 Å². The minimum absolute atomic E-state index is 0.491. The number of halogens is 1. The van der Waals surface area contributed by atoms with Crippen LogP contribution in [-0.4, -0.2) is 26.9 Å². The van der Waals surface area contributed by atoms with Crippen LogP contribution in [0.2, 0.25) is 5.02 Å². The molecule has 2 aromatic carbocycles. The molecule has 0 bridgehead atoms. The van der Waals surface area contributed by atoms with E-state index in [1.165, 1.54) is 11.8 Å². The standard InChI is InChI=1S/C24H19ClN4O3S/c1-30-18-7-4-6-16(12-18)22-27-28-24(29(22)13-19-8-5-11-31-19)33-15-17-14-32-23(26-17)20-9-2-3-10-21(20)25/h2-12,14H,13,15H2,1H3. The SMILES string of the molecule is COc1cccc(-c2nnc(SCc3coc(-c4ccccc4Cl)n3)n2Cc2ccco2)c1. The number of benzene rings is 2. The fraction of sp³-hybridized carbons (Fsp3) is 0.125. The van der Waals surface area contributed by atoms with E-state index >= 15 is 0 Å². The summed E-state index contributed by atoms with van der Waals surface area (Å²) in [5.41, 5.74) is 2.45. The van der Waals surface area contributed by atoms with Crippen molar-refractivity contribution >= 4 is 23.4 Å². The molecule has 0 saturated carbocycles. The average Bonchev–Trinajstić information content (AvgIpc) is 3.60. The second-order valence-corrected chi connectivity index (χ2v) is 8.47. The Hall–Kier alpha value is -3.49. The highest BCUT2D eigenvalue weighted by atomic mass is 35.5. The van der Waals surface area contributed by atoms with Gasteiger partial charge in [-0.15, -0.1) is 10.2 Å². The first-order valence-corrected chi connectivity index (χ1v) is 11.5. The molecule has 0 amide bonds. The molecule has 0 aliphatic heterocycles. The third-order valence-electron chi connectivity index (χ3n) is 4.94. The van der Waals surface area contributed by atoms with Crippen LogP contribution < -0.4 is 4.74 Å². The van der Waals surface area contributed by atoms with E-state index in [4.69, 9.17) is 25.2 Å². The molecule has 7 nitrogen and oxygen atoms in total. The van der Waals surface area contributed by atoms with Crippen molar-refractivity contribution in [2.75, 3.05) is 7.11 Å². The highest BCUT2D eigenvalue weighted by Crippen LogP contribution is 2.31. The molecule has 0 atom stereocenters. The number of thioether (sulfide) groups is 1. The third-order valence-corrected chi connectivity index (χ3v) is 6.27. The number of oxazole rings is 1. The fourth-order valence-electron chi connectivity index (χ4n) is 3.34. The van der Waals surface area contributed by atoms with Gasteiger partial charge >= 0.3 is 0 Å². The maximum atomic E-state index is 6.27. The van der Waals surface area contributed by atoms with Crippen LogP contribution in [0.5, 0.6) is 5.75 Å². The zero-order chi connectivity index (χ0) is 22.6. The quantitative estimate of drug-likeness (QED) is 0.246. The van der Waals surface area contributed by atoms with Crippen LogP contribution in [0.1, 0.15) is 11.5 Å². The molecule has 5 rings (SSSR count). The fourth-order valence-corrected chi connectivity index (χ4v) is 4.37. The van der Waals surface area contributed by atoms with Gasteiger partial charge in [-0.1, -0.05) is 47.6 Å². The number of aromatic nitrogens is 4. The largest absolute Gasteiger partial charge is 0.497 e. The maximum Gasteiger partial charge on any atom is 0.227 e. The lowest BCUT2D eigenvalue weighted by Gasteiger charge is -2.09. The molecule has 0 unspecified atom stereocenters. The predicted molar refractivity (Wildman–Crippen MR) is 126 cm³/mol. The smallest absolute Gasteiger partial charge is 0.227 e. The highest BCUT2D eigenvalue weighted by molar-refractivity contribution is 7.98. The second kappa shape index (κ2) is 9.56. The summed E-state index contributed by atoms with van der Waals surface area (Å²) in [6.45, 7) is 0.499. The molecular weight excluding hydrogens is 460 g/mol. The number of hydrogen-bond acceptors (Lipinski definition) is 7. The van der Waals surface area contributed by atoms with Gasteiger partial charge in [0, 0.05) is 11.3 Å². The van der Waals surface area contributed by atoms with E-state index in [0.717, 1.165) is 39.3 Å². The van der Waals surface area contributed by atoms with Gasteiger partial charge in [-0.25, -0.2) is 4.98 Å². The van der Waals surface area contributed by atoms with E-state index in [0.29, 0.717) is 23.2 Å². The van der Waals surface area contributed by atoms with E-state index in [1.54, 1.807) is 19.6 Å². The summed E-state index contributed by atoms with van der Waals surface area (Å²) in [6.07, 6.45) is 3.30. The van der Waals surface area contributed by atoms with Gasteiger partial charge in [0.05, 0.1) is 36.2 Å². The van der Waals surface area contributed by atoms with Crippen molar-refractivity contribution in [2.45, 2.75) is 17.5 Å². The zero-order valence-corrected chi connectivity index (χ0v) is 19.2. The number of rotatable bonds is 8. The zero-order valence-electron chi connectivity index (χ0n) is 17.6. The van der Waals surface area contributed by atoms with E-state index in [2.05, 4.69) is 15.2 Å². The number of ether oxygens (including phenoxy) is 1. The number of hydrogen-bond donors (Lipinski definition) is 0. The lowest BCUT2D eigenvalue weighted by molar-refractivity contribution is 0.415. The average molecular weight is 479 g/mol. The first-order chi connectivity index (χ1) is 16.2. The van der Waals surface area contributed by atoms with Crippen molar-refractivity contribution in [3.63, 3.8) is 0 Å². The van der Waals surface area contributed by atoms with Crippen LogP contribution in [0.25, 0.3) is 22.8 Å². The molecule has 0 saturated heterocycles. The minimum atomic E-state index is 0.491.